The Bertz CT molecular complexity index is 947. The SMILES string of the molecule is CCCCC(CN)NC(=O)CCc1c(C)nc2c3ccccc3nn2c1C. The number of carbonyl (C=O) groups excluding carboxylic acids is 1. The first-order valence-corrected chi connectivity index (χ1v) is 9.78. The number of hydrogen-bond donors (Lipinski definition) is 2. The molecule has 1 aromatic carbocycles. The molecular weight excluding hydrogens is 338 g/mol. The van der Waals surface area contributed by atoms with Gasteiger partial charge in [-0.05, 0) is 44.4 Å². The largest absolute Gasteiger partial charge is 0.352 e. The van der Waals surface area contributed by atoms with Crippen molar-refractivity contribution in [2.45, 2.75) is 58.9 Å². The summed E-state index contributed by atoms with van der Waals surface area (Å²) >= 11 is 0. The molecule has 27 heavy (non-hydrogen) atoms. The maximum atomic E-state index is 12.4. The minimum absolute atomic E-state index is 0.0473. The highest BCUT2D eigenvalue weighted by Crippen LogP contribution is 2.22. The average Bonchev–Trinajstić information content (AvgIpc) is 3.03. The molecule has 6 nitrogen and oxygen atoms in total. The molecule has 3 aromatic rings. The molecule has 2 heterocycles. The number of fused-ring (bicyclic) bond motifs is 3. The zero-order valence-electron chi connectivity index (χ0n) is 16.5. The van der Waals surface area contributed by atoms with Crippen molar-refractivity contribution in [2.75, 3.05) is 6.54 Å². The summed E-state index contributed by atoms with van der Waals surface area (Å²) in [6.07, 6.45) is 4.19. The predicted molar refractivity (Wildman–Crippen MR) is 109 cm³/mol. The summed E-state index contributed by atoms with van der Waals surface area (Å²) in [5.74, 6) is 0.0473. The summed E-state index contributed by atoms with van der Waals surface area (Å²) in [5.41, 5.74) is 10.7. The van der Waals surface area contributed by atoms with E-state index in [0.717, 1.165) is 52.8 Å². The fourth-order valence-corrected chi connectivity index (χ4v) is 3.58. The van der Waals surface area contributed by atoms with Gasteiger partial charge in [0.15, 0.2) is 5.65 Å². The first kappa shape index (κ1) is 19.3. The molecule has 0 aliphatic heterocycles. The van der Waals surface area contributed by atoms with E-state index in [2.05, 4.69) is 17.3 Å². The predicted octanol–water partition coefficient (Wildman–Crippen LogP) is 3.07. The van der Waals surface area contributed by atoms with Crippen LogP contribution >= 0.6 is 0 Å². The highest BCUT2D eigenvalue weighted by molar-refractivity contribution is 5.92. The highest BCUT2D eigenvalue weighted by Gasteiger charge is 2.16. The average molecular weight is 367 g/mol. The number of nitrogens with zero attached hydrogens (tertiary/aromatic N) is 3. The van der Waals surface area contributed by atoms with E-state index in [1.165, 1.54) is 0 Å². The van der Waals surface area contributed by atoms with Gasteiger partial charge in [0.25, 0.3) is 0 Å². The van der Waals surface area contributed by atoms with E-state index in [0.29, 0.717) is 19.4 Å². The van der Waals surface area contributed by atoms with Crippen LogP contribution in [-0.4, -0.2) is 33.1 Å². The van der Waals surface area contributed by atoms with Crippen LogP contribution in [0.25, 0.3) is 16.6 Å². The topological polar surface area (TPSA) is 85.3 Å². The van der Waals surface area contributed by atoms with E-state index >= 15 is 0 Å². The zero-order valence-corrected chi connectivity index (χ0v) is 16.5. The summed E-state index contributed by atoms with van der Waals surface area (Å²) in [6, 6.07) is 8.08. The lowest BCUT2D eigenvalue weighted by Crippen LogP contribution is -2.40. The normalized spacial score (nSPS) is 12.6. The Balaban J connectivity index is 1.77. The van der Waals surface area contributed by atoms with E-state index in [9.17, 15) is 4.79 Å². The van der Waals surface area contributed by atoms with Gasteiger partial charge in [0.1, 0.15) is 0 Å². The second-order valence-electron chi connectivity index (χ2n) is 7.16. The lowest BCUT2D eigenvalue weighted by Gasteiger charge is -2.17. The molecule has 0 spiro atoms. The van der Waals surface area contributed by atoms with Gasteiger partial charge in [-0.1, -0.05) is 31.9 Å². The van der Waals surface area contributed by atoms with Crippen LogP contribution in [0.3, 0.4) is 0 Å². The summed E-state index contributed by atoms with van der Waals surface area (Å²) in [5, 5.41) is 8.79. The molecule has 6 heteroatoms. The van der Waals surface area contributed by atoms with E-state index in [-0.39, 0.29) is 11.9 Å². The molecule has 0 radical (unpaired) electrons. The Kier molecular flexibility index (Phi) is 6.06. The van der Waals surface area contributed by atoms with Gasteiger partial charge in [-0.2, -0.15) is 5.10 Å². The van der Waals surface area contributed by atoms with Crippen molar-refractivity contribution in [3.63, 3.8) is 0 Å². The van der Waals surface area contributed by atoms with Gasteiger partial charge in [0.05, 0.1) is 5.52 Å². The molecule has 3 rings (SSSR count). The Morgan fingerprint density at radius 2 is 2.07 bits per heavy atom. The monoisotopic (exact) mass is 367 g/mol. The number of benzene rings is 1. The number of aromatic nitrogens is 3. The molecule has 0 aliphatic carbocycles. The number of aryl methyl sites for hydroxylation is 2. The van der Waals surface area contributed by atoms with Crippen LogP contribution in [0.2, 0.25) is 0 Å². The van der Waals surface area contributed by atoms with Gasteiger partial charge in [0.2, 0.25) is 5.91 Å². The zero-order chi connectivity index (χ0) is 19.4. The molecular formula is C21H29N5O. The molecule has 3 N–H and O–H groups in total. The minimum atomic E-state index is 0.0473. The number of carbonyl (C=O) groups is 1. The van der Waals surface area contributed by atoms with E-state index < -0.39 is 0 Å². The Hall–Kier alpha value is -2.47. The molecule has 0 saturated heterocycles. The Labute approximate surface area is 160 Å². The quantitative estimate of drug-likeness (QED) is 0.641. The third-order valence-electron chi connectivity index (χ3n) is 5.18. The lowest BCUT2D eigenvalue weighted by atomic mass is 10.1. The van der Waals surface area contributed by atoms with Crippen molar-refractivity contribution in [1.82, 2.24) is 19.9 Å². The molecule has 0 saturated carbocycles. The summed E-state index contributed by atoms with van der Waals surface area (Å²) < 4.78 is 1.90. The molecule has 1 atom stereocenters. The molecule has 0 fully saturated rings. The van der Waals surface area contributed by atoms with E-state index in [4.69, 9.17) is 10.7 Å². The van der Waals surface area contributed by atoms with Gasteiger partial charge in [-0.3, -0.25) is 4.79 Å². The smallest absolute Gasteiger partial charge is 0.220 e. The number of nitrogens with one attached hydrogen (secondary N) is 1. The fourth-order valence-electron chi connectivity index (χ4n) is 3.58. The maximum Gasteiger partial charge on any atom is 0.220 e. The van der Waals surface area contributed by atoms with Gasteiger partial charge < -0.3 is 11.1 Å². The molecule has 144 valence electrons. The van der Waals surface area contributed by atoms with Crippen LogP contribution in [0.5, 0.6) is 0 Å². The first-order chi connectivity index (χ1) is 13.0. The standard InChI is InChI=1S/C21H29N5O/c1-4-5-8-16(13-22)24-20(27)12-11-17-14(2)23-21-18-9-6-7-10-19(18)25-26(21)15(17)3/h6-7,9-10,16H,4-5,8,11-13,22H2,1-3H3,(H,24,27). The van der Waals surface area contributed by atoms with Crippen LogP contribution < -0.4 is 11.1 Å². The van der Waals surface area contributed by atoms with E-state index in [1.54, 1.807) is 0 Å². The van der Waals surface area contributed by atoms with Crippen molar-refractivity contribution >= 4 is 22.5 Å². The van der Waals surface area contributed by atoms with Crippen molar-refractivity contribution < 1.29 is 4.79 Å². The summed E-state index contributed by atoms with van der Waals surface area (Å²) in [4.78, 5) is 17.1. The number of amides is 1. The second-order valence-corrected chi connectivity index (χ2v) is 7.16. The van der Waals surface area contributed by atoms with Crippen LogP contribution in [0.4, 0.5) is 0 Å². The third-order valence-corrected chi connectivity index (χ3v) is 5.18. The second kappa shape index (κ2) is 8.48. The summed E-state index contributed by atoms with van der Waals surface area (Å²) in [7, 11) is 0. The number of nitrogens with two attached hydrogens (primary N) is 1. The number of rotatable bonds is 8. The lowest BCUT2D eigenvalue weighted by molar-refractivity contribution is -0.121. The maximum absolute atomic E-state index is 12.4. The Morgan fingerprint density at radius 1 is 1.30 bits per heavy atom. The molecule has 0 aliphatic rings. The van der Waals surface area contributed by atoms with E-state index in [1.807, 2.05) is 42.6 Å². The van der Waals surface area contributed by atoms with Gasteiger partial charge >= 0.3 is 0 Å². The Morgan fingerprint density at radius 3 is 2.81 bits per heavy atom. The molecule has 1 unspecified atom stereocenters. The fraction of sp³-hybridized carbons (Fsp3) is 0.476. The van der Waals surface area contributed by atoms with Crippen molar-refractivity contribution in [2.24, 2.45) is 5.73 Å². The van der Waals surface area contributed by atoms with Gasteiger partial charge in [0, 0.05) is 35.8 Å². The molecule has 0 bridgehead atoms. The summed E-state index contributed by atoms with van der Waals surface area (Å²) in [6.45, 7) is 6.68. The minimum Gasteiger partial charge on any atom is -0.352 e. The molecule has 1 amide bonds. The van der Waals surface area contributed by atoms with Crippen LogP contribution in [0.1, 0.15) is 49.6 Å². The highest BCUT2D eigenvalue weighted by atomic mass is 16.1. The van der Waals surface area contributed by atoms with Gasteiger partial charge in [-0.15, -0.1) is 0 Å². The van der Waals surface area contributed by atoms with Gasteiger partial charge in [-0.25, -0.2) is 9.50 Å². The van der Waals surface area contributed by atoms with Crippen LogP contribution in [0, 0.1) is 13.8 Å². The first-order valence-electron chi connectivity index (χ1n) is 9.78. The number of hydrogen-bond acceptors (Lipinski definition) is 4. The van der Waals surface area contributed by atoms with Crippen LogP contribution in [-0.2, 0) is 11.2 Å². The van der Waals surface area contributed by atoms with Crippen LogP contribution in [0.15, 0.2) is 24.3 Å². The third kappa shape index (κ3) is 4.11. The van der Waals surface area contributed by atoms with Crippen molar-refractivity contribution in [3.05, 3.63) is 41.2 Å². The van der Waals surface area contributed by atoms with Crippen molar-refractivity contribution in [1.29, 1.82) is 0 Å². The molecule has 2 aromatic heterocycles. The van der Waals surface area contributed by atoms with Crippen molar-refractivity contribution in [3.8, 4) is 0 Å². The number of unbranched alkanes of at least 4 members (excludes halogenated alkanes) is 1.